The Labute approximate surface area is 222 Å². The number of halogens is 3. The number of aliphatic hydroxyl groups is 1. The molecular weight excluding hydrogens is 515 g/mol. The second kappa shape index (κ2) is 10.3. The molecule has 1 aromatic carbocycles. The summed E-state index contributed by atoms with van der Waals surface area (Å²) in [4.78, 5) is 21.9. The summed E-state index contributed by atoms with van der Waals surface area (Å²) in [6.45, 7) is 4.32. The van der Waals surface area contributed by atoms with Crippen LogP contribution in [0.3, 0.4) is 0 Å². The number of rotatable bonds is 6. The van der Waals surface area contributed by atoms with Crippen molar-refractivity contribution < 1.29 is 27.8 Å². The molecule has 2 atom stereocenters. The van der Waals surface area contributed by atoms with Gasteiger partial charge in [-0.1, -0.05) is 0 Å². The molecule has 4 heterocycles. The summed E-state index contributed by atoms with van der Waals surface area (Å²) in [6.07, 6.45) is -0.217. The third kappa shape index (κ3) is 4.83. The normalized spacial score (nSPS) is 17.5. The number of nitrogens with one attached hydrogen (secondary N) is 1. The molecule has 10 nitrogen and oxygen atoms in total. The molecule has 1 unspecified atom stereocenters. The van der Waals surface area contributed by atoms with Gasteiger partial charge in [-0.05, 0) is 38.1 Å². The first-order valence-electron chi connectivity index (χ1n) is 12.4. The van der Waals surface area contributed by atoms with Crippen LogP contribution in [0, 0.1) is 6.92 Å². The van der Waals surface area contributed by atoms with Crippen molar-refractivity contribution in [3.8, 4) is 17.0 Å². The van der Waals surface area contributed by atoms with Crippen molar-refractivity contribution in [3.05, 3.63) is 65.2 Å². The second-order valence-corrected chi connectivity index (χ2v) is 9.53. The van der Waals surface area contributed by atoms with Crippen LogP contribution in [0.4, 0.5) is 13.2 Å². The lowest BCUT2D eigenvalue weighted by molar-refractivity contribution is -0.143. The third-order valence-corrected chi connectivity index (χ3v) is 7.18. The zero-order valence-corrected chi connectivity index (χ0v) is 21.6. The van der Waals surface area contributed by atoms with Crippen molar-refractivity contribution >= 4 is 11.6 Å². The first-order chi connectivity index (χ1) is 18.6. The van der Waals surface area contributed by atoms with E-state index in [1.165, 1.54) is 14.0 Å². The second-order valence-electron chi connectivity index (χ2n) is 9.53. The van der Waals surface area contributed by atoms with Gasteiger partial charge in [0.2, 0.25) is 0 Å². The predicted molar refractivity (Wildman–Crippen MR) is 135 cm³/mol. The van der Waals surface area contributed by atoms with E-state index in [2.05, 4.69) is 25.2 Å². The standard InChI is InChI=1S/C26H28F3N7O3/c1-15-13-34(21(14-37)18-10-30-31-11-18)8-9-35(15)25(38)20-12-32-36-23(26(27,28)29)16(2)22(33-24(20)36)17-4-6-19(39-3)7-5-17/h4-7,10-12,15,21,37H,8-9,13-14H2,1-3H3,(H,30,31)/t15-,21?/m1/s1. The van der Waals surface area contributed by atoms with Gasteiger partial charge in [-0.3, -0.25) is 14.8 Å². The number of methoxy groups -OCH3 is 1. The van der Waals surface area contributed by atoms with Crippen LogP contribution in [0.5, 0.6) is 5.75 Å². The molecule has 39 heavy (non-hydrogen) atoms. The van der Waals surface area contributed by atoms with Gasteiger partial charge in [-0.2, -0.15) is 23.4 Å². The minimum absolute atomic E-state index is 0.0101. The van der Waals surface area contributed by atoms with E-state index in [0.717, 1.165) is 11.8 Å². The molecule has 4 aromatic rings. The SMILES string of the molecule is COc1ccc(-c2nc3c(C(=O)N4CCN(C(CO)c5cn[nH]c5)C[C@H]4C)cnn3c(C(F)(F)F)c2C)cc1. The molecule has 0 aliphatic carbocycles. The van der Waals surface area contributed by atoms with Gasteiger partial charge in [0.05, 0.1) is 37.8 Å². The number of aromatic nitrogens is 5. The molecule has 3 aromatic heterocycles. The fourth-order valence-electron chi connectivity index (χ4n) is 5.19. The van der Waals surface area contributed by atoms with Crippen LogP contribution in [0.25, 0.3) is 16.9 Å². The Morgan fingerprint density at radius 1 is 1.23 bits per heavy atom. The molecule has 1 fully saturated rings. The number of aromatic amines is 1. The van der Waals surface area contributed by atoms with Crippen LogP contribution in [0.2, 0.25) is 0 Å². The molecule has 206 valence electrons. The van der Waals surface area contributed by atoms with E-state index in [1.807, 2.05) is 6.92 Å². The van der Waals surface area contributed by atoms with Crippen LogP contribution >= 0.6 is 0 Å². The van der Waals surface area contributed by atoms with Gasteiger partial charge >= 0.3 is 6.18 Å². The summed E-state index contributed by atoms with van der Waals surface area (Å²) in [5.74, 6) is 0.101. The van der Waals surface area contributed by atoms with Crippen LogP contribution in [0.1, 0.15) is 40.1 Å². The lowest BCUT2D eigenvalue weighted by atomic mass is 10.0. The maximum Gasteiger partial charge on any atom is 0.433 e. The first-order valence-corrected chi connectivity index (χ1v) is 12.4. The summed E-state index contributed by atoms with van der Waals surface area (Å²) < 4.78 is 48.6. The van der Waals surface area contributed by atoms with Gasteiger partial charge in [-0.15, -0.1) is 0 Å². The van der Waals surface area contributed by atoms with E-state index in [1.54, 1.807) is 41.6 Å². The van der Waals surface area contributed by atoms with Crippen molar-refractivity contribution in [2.24, 2.45) is 0 Å². The third-order valence-electron chi connectivity index (χ3n) is 7.18. The summed E-state index contributed by atoms with van der Waals surface area (Å²) in [5.41, 5.74) is 0.138. The molecule has 0 spiro atoms. The van der Waals surface area contributed by atoms with Gasteiger partial charge in [0, 0.05) is 48.6 Å². The Hall–Kier alpha value is -3.97. The monoisotopic (exact) mass is 543 g/mol. The lowest BCUT2D eigenvalue weighted by Gasteiger charge is -2.42. The molecular formula is C26H28F3N7O3. The number of carbonyl (C=O) groups excluding carboxylic acids is 1. The number of aliphatic hydroxyl groups excluding tert-OH is 1. The number of H-pyrrole nitrogens is 1. The minimum Gasteiger partial charge on any atom is -0.497 e. The molecule has 1 saturated heterocycles. The highest BCUT2D eigenvalue weighted by Gasteiger charge is 2.39. The Morgan fingerprint density at radius 3 is 2.56 bits per heavy atom. The Morgan fingerprint density at radius 2 is 1.97 bits per heavy atom. The number of fused-ring (bicyclic) bond motifs is 1. The molecule has 13 heteroatoms. The fraction of sp³-hybridized carbons (Fsp3) is 0.385. The average Bonchev–Trinajstić information content (AvgIpc) is 3.58. The Balaban J connectivity index is 1.50. The van der Waals surface area contributed by atoms with E-state index in [4.69, 9.17) is 4.74 Å². The highest BCUT2D eigenvalue weighted by Crippen LogP contribution is 2.37. The summed E-state index contributed by atoms with van der Waals surface area (Å²) in [7, 11) is 1.50. The summed E-state index contributed by atoms with van der Waals surface area (Å²) in [5, 5.41) is 20.6. The number of piperazine rings is 1. The zero-order valence-electron chi connectivity index (χ0n) is 21.6. The molecule has 5 rings (SSSR count). The summed E-state index contributed by atoms with van der Waals surface area (Å²) >= 11 is 0. The molecule has 0 saturated carbocycles. The number of benzene rings is 1. The van der Waals surface area contributed by atoms with Crippen molar-refractivity contribution in [1.82, 2.24) is 34.6 Å². The molecule has 0 radical (unpaired) electrons. The smallest absolute Gasteiger partial charge is 0.433 e. The highest BCUT2D eigenvalue weighted by atomic mass is 19.4. The fourth-order valence-corrected chi connectivity index (χ4v) is 5.19. The van der Waals surface area contributed by atoms with E-state index >= 15 is 0 Å². The van der Waals surface area contributed by atoms with E-state index in [9.17, 15) is 23.1 Å². The predicted octanol–water partition coefficient (Wildman–Crippen LogP) is 3.34. The number of nitrogens with zero attached hydrogens (tertiary/aromatic N) is 6. The number of hydrogen-bond donors (Lipinski definition) is 2. The zero-order chi connectivity index (χ0) is 27.9. The molecule has 0 bridgehead atoms. The van der Waals surface area contributed by atoms with Gasteiger partial charge in [0.25, 0.3) is 5.91 Å². The topological polar surface area (TPSA) is 112 Å². The van der Waals surface area contributed by atoms with Crippen LogP contribution in [0.15, 0.2) is 42.9 Å². The van der Waals surface area contributed by atoms with Crippen LogP contribution in [-0.2, 0) is 6.18 Å². The Kier molecular flexibility index (Phi) is 7.03. The van der Waals surface area contributed by atoms with E-state index in [0.29, 0.717) is 35.5 Å². The van der Waals surface area contributed by atoms with Gasteiger partial charge in [-0.25, -0.2) is 9.50 Å². The van der Waals surface area contributed by atoms with Crippen LogP contribution in [-0.4, -0.2) is 85.0 Å². The lowest BCUT2D eigenvalue weighted by Crippen LogP contribution is -2.55. The van der Waals surface area contributed by atoms with Gasteiger partial charge < -0.3 is 14.7 Å². The van der Waals surface area contributed by atoms with Crippen molar-refractivity contribution in [2.75, 3.05) is 33.4 Å². The number of amides is 1. The largest absolute Gasteiger partial charge is 0.497 e. The van der Waals surface area contributed by atoms with Gasteiger partial charge in [0.15, 0.2) is 11.3 Å². The molecule has 1 aliphatic heterocycles. The quantitative estimate of drug-likeness (QED) is 0.384. The first kappa shape index (κ1) is 26.6. The van der Waals surface area contributed by atoms with Crippen molar-refractivity contribution in [2.45, 2.75) is 32.1 Å². The molecule has 2 N–H and O–H groups in total. The maximum atomic E-state index is 14.3. The van der Waals surface area contributed by atoms with Gasteiger partial charge in [0.1, 0.15) is 11.3 Å². The number of alkyl halides is 3. The number of ether oxygens (including phenoxy) is 1. The number of carbonyl (C=O) groups is 1. The summed E-state index contributed by atoms with van der Waals surface area (Å²) in [6, 6.07) is 5.96. The van der Waals surface area contributed by atoms with Crippen molar-refractivity contribution in [1.29, 1.82) is 0 Å². The van der Waals surface area contributed by atoms with E-state index in [-0.39, 0.29) is 41.2 Å². The average molecular weight is 544 g/mol. The maximum absolute atomic E-state index is 14.3. The van der Waals surface area contributed by atoms with Crippen molar-refractivity contribution in [3.63, 3.8) is 0 Å². The highest BCUT2D eigenvalue weighted by molar-refractivity contribution is 6.00. The van der Waals surface area contributed by atoms with Crippen LogP contribution < -0.4 is 4.74 Å². The number of hydrogen-bond acceptors (Lipinski definition) is 7. The van der Waals surface area contributed by atoms with E-state index < -0.39 is 17.8 Å². The molecule has 1 amide bonds. The minimum atomic E-state index is -4.73. The molecule has 1 aliphatic rings. The Bertz CT molecular complexity index is 1470.